The van der Waals surface area contributed by atoms with Crippen LogP contribution >= 0.6 is 0 Å². The van der Waals surface area contributed by atoms with Gasteiger partial charge in [-0.05, 0) is 18.6 Å². The monoisotopic (exact) mass is 289 g/mol. The molecule has 2 aromatic rings. The van der Waals surface area contributed by atoms with E-state index >= 15 is 0 Å². The largest absolute Gasteiger partial charge is 0.358 e. The molecular weight excluding hydrogens is 270 g/mol. The minimum absolute atomic E-state index is 0.0131. The maximum atomic E-state index is 11.4. The molecule has 1 N–H and O–H groups in total. The zero-order chi connectivity index (χ0) is 15.6. The van der Waals surface area contributed by atoms with Crippen LogP contribution in [0.25, 0.3) is 0 Å². The first-order valence-electron chi connectivity index (χ1n) is 6.79. The van der Waals surface area contributed by atoms with Crippen molar-refractivity contribution in [1.29, 1.82) is 0 Å². The van der Waals surface area contributed by atoms with E-state index in [1.54, 1.807) is 19.4 Å². The molecule has 112 valence electrons. The standard InChI is InChI=1S/C14H19N5O2/c1-9(2)12-13(19(20)21)14(18(4)17-12)16-10(3)11-6-5-7-15-8-11/h5-10,16H,1-4H3. The van der Waals surface area contributed by atoms with Gasteiger partial charge in [0.1, 0.15) is 5.69 Å². The molecule has 7 nitrogen and oxygen atoms in total. The Kier molecular flexibility index (Phi) is 4.21. The summed E-state index contributed by atoms with van der Waals surface area (Å²) in [5, 5.41) is 18.8. The summed E-state index contributed by atoms with van der Waals surface area (Å²) in [6.07, 6.45) is 3.43. The van der Waals surface area contributed by atoms with Gasteiger partial charge in [-0.15, -0.1) is 0 Å². The predicted molar refractivity (Wildman–Crippen MR) is 80.2 cm³/mol. The summed E-state index contributed by atoms with van der Waals surface area (Å²) in [6, 6.07) is 3.66. The average Bonchev–Trinajstić information content (AvgIpc) is 2.77. The van der Waals surface area contributed by atoms with E-state index in [4.69, 9.17) is 0 Å². The lowest BCUT2D eigenvalue weighted by atomic mass is 10.1. The maximum Gasteiger partial charge on any atom is 0.334 e. The number of nitrogens with one attached hydrogen (secondary N) is 1. The fourth-order valence-corrected chi connectivity index (χ4v) is 2.18. The second-order valence-electron chi connectivity index (χ2n) is 5.27. The van der Waals surface area contributed by atoms with Gasteiger partial charge in [-0.3, -0.25) is 15.1 Å². The summed E-state index contributed by atoms with van der Waals surface area (Å²) in [5.74, 6) is 0.404. The predicted octanol–water partition coefficient (Wildman–Crippen LogP) is 3.02. The zero-order valence-electron chi connectivity index (χ0n) is 12.6. The highest BCUT2D eigenvalue weighted by Gasteiger charge is 2.29. The molecule has 0 saturated heterocycles. The highest BCUT2D eigenvalue weighted by atomic mass is 16.6. The lowest BCUT2D eigenvalue weighted by Crippen LogP contribution is -2.11. The number of hydrogen-bond donors (Lipinski definition) is 1. The molecule has 7 heteroatoms. The molecule has 0 bridgehead atoms. The maximum absolute atomic E-state index is 11.4. The van der Waals surface area contributed by atoms with Gasteiger partial charge in [0.05, 0.1) is 11.0 Å². The zero-order valence-corrected chi connectivity index (χ0v) is 12.6. The Morgan fingerprint density at radius 1 is 1.38 bits per heavy atom. The summed E-state index contributed by atoms with van der Waals surface area (Å²) >= 11 is 0. The summed E-state index contributed by atoms with van der Waals surface area (Å²) < 4.78 is 1.53. The van der Waals surface area contributed by atoms with Crippen molar-refractivity contribution in [2.75, 3.05) is 5.32 Å². The number of nitro groups is 1. The number of aromatic nitrogens is 3. The molecule has 0 aliphatic heterocycles. The van der Waals surface area contributed by atoms with E-state index in [-0.39, 0.29) is 22.6 Å². The Morgan fingerprint density at radius 2 is 2.10 bits per heavy atom. The van der Waals surface area contributed by atoms with Gasteiger partial charge in [0, 0.05) is 25.4 Å². The lowest BCUT2D eigenvalue weighted by molar-refractivity contribution is -0.384. The Hall–Kier alpha value is -2.44. The molecule has 0 spiro atoms. The minimum atomic E-state index is -0.374. The number of hydrogen-bond acceptors (Lipinski definition) is 5. The van der Waals surface area contributed by atoms with Crippen molar-refractivity contribution in [2.45, 2.75) is 32.7 Å². The molecule has 2 aromatic heterocycles. The van der Waals surface area contributed by atoms with Crippen molar-refractivity contribution in [1.82, 2.24) is 14.8 Å². The van der Waals surface area contributed by atoms with Crippen LogP contribution in [0.15, 0.2) is 24.5 Å². The van der Waals surface area contributed by atoms with Gasteiger partial charge < -0.3 is 5.32 Å². The third-order valence-electron chi connectivity index (χ3n) is 3.32. The van der Waals surface area contributed by atoms with Crippen LogP contribution in [0, 0.1) is 10.1 Å². The first-order valence-corrected chi connectivity index (χ1v) is 6.79. The van der Waals surface area contributed by atoms with E-state index in [9.17, 15) is 10.1 Å². The summed E-state index contributed by atoms with van der Waals surface area (Å²) in [4.78, 5) is 15.1. The molecule has 0 radical (unpaired) electrons. The molecule has 0 aromatic carbocycles. The molecule has 0 saturated carbocycles. The molecule has 0 aliphatic carbocycles. The molecular formula is C14H19N5O2. The van der Waals surface area contributed by atoms with Gasteiger partial charge in [-0.25, -0.2) is 4.68 Å². The first-order chi connectivity index (χ1) is 9.91. The molecule has 0 amide bonds. The van der Waals surface area contributed by atoms with E-state index < -0.39 is 0 Å². The Morgan fingerprint density at radius 3 is 2.62 bits per heavy atom. The van der Waals surface area contributed by atoms with Crippen LogP contribution in [0.1, 0.15) is 44.0 Å². The average molecular weight is 289 g/mol. The van der Waals surface area contributed by atoms with Crippen molar-refractivity contribution in [3.05, 3.63) is 45.9 Å². The van der Waals surface area contributed by atoms with Gasteiger partial charge in [0.2, 0.25) is 5.82 Å². The highest BCUT2D eigenvalue weighted by Crippen LogP contribution is 2.34. The van der Waals surface area contributed by atoms with Crippen molar-refractivity contribution in [3.63, 3.8) is 0 Å². The van der Waals surface area contributed by atoms with Gasteiger partial charge in [-0.1, -0.05) is 19.9 Å². The molecule has 0 fully saturated rings. The van der Waals surface area contributed by atoms with Gasteiger partial charge in [0.15, 0.2) is 0 Å². The minimum Gasteiger partial charge on any atom is -0.358 e. The van der Waals surface area contributed by atoms with Crippen LogP contribution < -0.4 is 5.32 Å². The lowest BCUT2D eigenvalue weighted by Gasteiger charge is -2.14. The number of aryl methyl sites for hydroxylation is 1. The molecule has 1 atom stereocenters. The SMILES string of the molecule is CC(C)c1nn(C)c(NC(C)c2cccnc2)c1[N+](=O)[O-]. The topological polar surface area (TPSA) is 85.9 Å². The molecule has 2 rings (SSSR count). The van der Waals surface area contributed by atoms with Crippen molar-refractivity contribution < 1.29 is 4.92 Å². The fourth-order valence-electron chi connectivity index (χ4n) is 2.18. The van der Waals surface area contributed by atoms with Crippen LogP contribution in [-0.2, 0) is 7.05 Å². The number of pyridine rings is 1. The first kappa shape index (κ1) is 15.0. The summed E-state index contributed by atoms with van der Waals surface area (Å²) in [6.45, 7) is 5.72. The van der Waals surface area contributed by atoms with E-state index in [0.29, 0.717) is 11.5 Å². The van der Waals surface area contributed by atoms with Crippen molar-refractivity contribution in [3.8, 4) is 0 Å². The van der Waals surface area contributed by atoms with Gasteiger partial charge >= 0.3 is 5.69 Å². The van der Waals surface area contributed by atoms with Crippen LogP contribution in [0.5, 0.6) is 0 Å². The van der Waals surface area contributed by atoms with E-state index in [1.807, 2.05) is 32.9 Å². The summed E-state index contributed by atoms with van der Waals surface area (Å²) in [5.41, 5.74) is 1.49. The van der Waals surface area contributed by atoms with Crippen LogP contribution in [0.4, 0.5) is 11.5 Å². The van der Waals surface area contributed by atoms with Gasteiger partial charge in [0.25, 0.3) is 0 Å². The summed E-state index contributed by atoms with van der Waals surface area (Å²) in [7, 11) is 1.71. The number of anilines is 1. The number of rotatable bonds is 5. The van der Waals surface area contributed by atoms with Crippen LogP contribution in [0.3, 0.4) is 0 Å². The van der Waals surface area contributed by atoms with Crippen molar-refractivity contribution in [2.24, 2.45) is 7.05 Å². The smallest absolute Gasteiger partial charge is 0.334 e. The number of nitrogens with zero attached hydrogens (tertiary/aromatic N) is 4. The van der Waals surface area contributed by atoms with Crippen molar-refractivity contribution >= 4 is 11.5 Å². The Labute approximate surface area is 123 Å². The second-order valence-corrected chi connectivity index (χ2v) is 5.27. The quantitative estimate of drug-likeness (QED) is 0.675. The molecule has 1 unspecified atom stereocenters. The molecule has 2 heterocycles. The van der Waals surface area contributed by atoms with E-state index in [1.165, 1.54) is 4.68 Å². The van der Waals surface area contributed by atoms with Gasteiger partial charge in [-0.2, -0.15) is 5.10 Å². The molecule has 0 aliphatic rings. The van der Waals surface area contributed by atoms with E-state index in [0.717, 1.165) is 5.56 Å². The molecule has 21 heavy (non-hydrogen) atoms. The fraction of sp³-hybridized carbons (Fsp3) is 0.429. The Bertz CT molecular complexity index is 636. The van der Waals surface area contributed by atoms with E-state index in [2.05, 4.69) is 15.4 Å². The normalized spacial score (nSPS) is 12.4. The van der Waals surface area contributed by atoms with Crippen LogP contribution in [-0.4, -0.2) is 19.7 Å². The van der Waals surface area contributed by atoms with Crippen LogP contribution in [0.2, 0.25) is 0 Å². The Balaban J connectivity index is 2.38. The third kappa shape index (κ3) is 3.01. The third-order valence-corrected chi connectivity index (χ3v) is 3.32. The highest BCUT2D eigenvalue weighted by molar-refractivity contribution is 5.61. The second kappa shape index (κ2) is 5.90.